The highest BCUT2D eigenvalue weighted by molar-refractivity contribution is 5.89. The van der Waals surface area contributed by atoms with Crippen molar-refractivity contribution in [3.63, 3.8) is 0 Å². The Hall–Kier alpha value is -2.81. The van der Waals surface area contributed by atoms with Crippen molar-refractivity contribution in [2.75, 3.05) is 41.0 Å². The van der Waals surface area contributed by atoms with Crippen molar-refractivity contribution >= 4 is 5.91 Å². The van der Waals surface area contributed by atoms with Crippen LogP contribution in [0.3, 0.4) is 0 Å². The molecule has 1 aliphatic heterocycles. The molecule has 0 spiro atoms. The number of likely N-dealkylation sites (tertiary alicyclic amines) is 1. The molecule has 2 aromatic rings. The largest absolute Gasteiger partial charge is 0.493 e. The molecule has 1 aromatic heterocycles. The molecule has 0 bridgehead atoms. The van der Waals surface area contributed by atoms with Crippen LogP contribution in [0.5, 0.6) is 17.2 Å². The van der Waals surface area contributed by atoms with E-state index in [1.807, 2.05) is 12.1 Å². The molecule has 0 saturated carbocycles. The van der Waals surface area contributed by atoms with Crippen LogP contribution in [0.2, 0.25) is 0 Å². The lowest BCUT2D eigenvalue weighted by Gasteiger charge is -2.22. The quantitative estimate of drug-likeness (QED) is 0.677. The zero-order valence-corrected chi connectivity index (χ0v) is 17.4. The van der Waals surface area contributed by atoms with Crippen LogP contribution in [-0.2, 0) is 6.42 Å². The van der Waals surface area contributed by atoms with E-state index >= 15 is 0 Å². The molecule has 1 unspecified atom stereocenters. The van der Waals surface area contributed by atoms with Gasteiger partial charge in [0.25, 0.3) is 0 Å². The van der Waals surface area contributed by atoms with Crippen molar-refractivity contribution in [1.29, 1.82) is 0 Å². The number of amides is 1. The van der Waals surface area contributed by atoms with Gasteiger partial charge in [-0.25, -0.2) is 0 Å². The van der Waals surface area contributed by atoms with Crippen molar-refractivity contribution in [2.45, 2.75) is 32.2 Å². The second kappa shape index (κ2) is 9.60. The number of hydrogen-bond donors (Lipinski definition) is 1. The Morgan fingerprint density at radius 3 is 2.55 bits per heavy atom. The fourth-order valence-electron chi connectivity index (χ4n) is 3.66. The molecule has 1 fully saturated rings. The van der Waals surface area contributed by atoms with Crippen LogP contribution < -0.4 is 19.5 Å². The van der Waals surface area contributed by atoms with E-state index in [4.69, 9.17) is 18.6 Å². The zero-order chi connectivity index (χ0) is 20.8. The average molecular weight is 404 g/mol. The second-order valence-electron chi connectivity index (χ2n) is 6.85. The van der Waals surface area contributed by atoms with Crippen LogP contribution in [0, 0.1) is 0 Å². The van der Waals surface area contributed by atoms with Crippen LogP contribution in [0.4, 0.5) is 0 Å². The summed E-state index contributed by atoms with van der Waals surface area (Å²) >= 11 is 0. The molecular weight excluding hydrogens is 376 g/mol. The number of rotatable bonds is 9. The van der Waals surface area contributed by atoms with E-state index in [2.05, 4.69) is 27.3 Å². The first-order valence-electron chi connectivity index (χ1n) is 9.73. The molecule has 9 nitrogen and oxygen atoms in total. The molecule has 0 aliphatic carbocycles. The number of hydrogen-bond acceptors (Lipinski definition) is 8. The van der Waals surface area contributed by atoms with E-state index in [0.29, 0.717) is 42.1 Å². The molecule has 1 N–H and O–H groups in total. The third-order valence-electron chi connectivity index (χ3n) is 5.14. The number of likely N-dealkylation sites (N-methyl/N-ethyl adjacent to an activating group) is 1. The van der Waals surface area contributed by atoms with Crippen LogP contribution in [0.25, 0.3) is 0 Å². The molecule has 1 aliphatic rings. The summed E-state index contributed by atoms with van der Waals surface area (Å²) in [5.74, 6) is 1.54. The monoisotopic (exact) mass is 404 g/mol. The molecule has 29 heavy (non-hydrogen) atoms. The number of methoxy groups -OCH3 is 3. The summed E-state index contributed by atoms with van der Waals surface area (Å²) in [7, 11) is 4.66. The van der Waals surface area contributed by atoms with Gasteiger partial charge in [0.15, 0.2) is 11.5 Å². The molecule has 1 amide bonds. The van der Waals surface area contributed by atoms with Gasteiger partial charge in [0.05, 0.1) is 27.8 Å². The van der Waals surface area contributed by atoms with Gasteiger partial charge in [-0.2, -0.15) is 0 Å². The highest BCUT2D eigenvalue weighted by Gasteiger charge is 2.24. The van der Waals surface area contributed by atoms with Gasteiger partial charge in [-0.15, -0.1) is 10.2 Å². The van der Waals surface area contributed by atoms with Crippen molar-refractivity contribution in [1.82, 2.24) is 20.4 Å². The van der Waals surface area contributed by atoms with E-state index < -0.39 is 0 Å². The van der Waals surface area contributed by atoms with Gasteiger partial charge < -0.3 is 23.9 Å². The fourth-order valence-corrected chi connectivity index (χ4v) is 3.66. The number of nitrogens with one attached hydrogen (secondary N) is 1. The van der Waals surface area contributed by atoms with Crippen molar-refractivity contribution in [2.24, 2.45) is 0 Å². The third-order valence-corrected chi connectivity index (χ3v) is 5.14. The molecule has 0 radical (unpaired) electrons. The van der Waals surface area contributed by atoms with Gasteiger partial charge in [0.2, 0.25) is 11.6 Å². The number of benzene rings is 1. The summed E-state index contributed by atoms with van der Waals surface area (Å²) in [5, 5.41) is 10.8. The molecule has 158 valence electrons. The Labute approximate surface area is 170 Å². The van der Waals surface area contributed by atoms with Gasteiger partial charge >= 0.3 is 11.8 Å². The molecular formula is C20H28N4O5. The average Bonchev–Trinajstić information content (AvgIpc) is 3.40. The minimum atomic E-state index is -0.350. The lowest BCUT2D eigenvalue weighted by atomic mass is 10.1. The first-order valence-corrected chi connectivity index (χ1v) is 9.73. The maximum absolute atomic E-state index is 12.4. The molecule has 3 rings (SSSR count). The first kappa shape index (κ1) is 20.9. The number of carbonyl (C=O) groups excluding carboxylic acids is 1. The second-order valence-corrected chi connectivity index (χ2v) is 6.85. The molecule has 2 heterocycles. The molecule has 1 atom stereocenters. The maximum atomic E-state index is 12.4. The number of nitrogens with zero attached hydrogens (tertiary/aromatic N) is 3. The lowest BCUT2D eigenvalue weighted by Crippen LogP contribution is -2.40. The minimum absolute atomic E-state index is 0.0338. The molecule has 1 aromatic carbocycles. The van der Waals surface area contributed by atoms with Gasteiger partial charge in [-0.1, -0.05) is 6.92 Å². The van der Waals surface area contributed by atoms with Crippen molar-refractivity contribution in [3.8, 4) is 17.2 Å². The minimum Gasteiger partial charge on any atom is -0.493 e. The van der Waals surface area contributed by atoms with Crippen molar-refractivity contribution < 1.29 is 23.4 Å². The summed E-state index contributed by atoms with van der Waals surface area (Å²) in [6.07, 6.45) is 2.58. The number of carbonyl (C=O) groups is 1. The lowest BCUT2D eigenvalue weighted by molar-refractivity contribution is 0.0905. The number of aromatic nitrogens is 2. The summed E-state index contributed by atoms with van der Waals surface area (Å²) in [6, 6.07) is 3.99. The predicted molar refractivity (Wildman–Crippen MR) is 106 cm³/mol. The zero-order valence-electron chi connectivity index (χ0n) is 17.4. The summed E-state index contributed by atoms with van der Waals surface area (Å²) in [5.41, 5.74) is 0.833. The summed E-state index contributed by atoms with van der Waals surface area (Å²) in [6.45, 7) is 4.78. The Bertz CT molecular complexity index is 813. The first-order chi connectivity index (χ1) is 14.1. The highest BCUT2D eigenvalue weighted by Crippen LogP contribution is 2.38. The normalized spacial score (nSPS) is 16.6. The smallest absolute Gasteiger partial charge is 0.308 e. The Morgan fingerprint density at radius 2 is 1.93 bits per heavy atom. The van der Waals surface area contributed by atoms with E-state index in [1.54, 1.807) is 21.3 Å². The Morgan fingerprint density at radius 1 is 1.21 bits per heavy atom. The molecule has 9 heteroatoms. The van der Waals surface area contributed by atoms with Crippen molar-refractivity contribution in [3.05, 3.63) is 29.5 Å². The van der Waals surface area contributed by atoms with E-state index in [-0.39, 0.29) is 11.8 Å². The SMILES string of the molecule is CCN1CCCC1CNC(=O)c1nnc(Cc2cc(OC)c(OC)c(OC)c2)o1. The van der Waals surface area contributed by atoms with Crippen LogP contribution in [0.1, 0.15) is 41.9 Å². The maximum Gasteiger partial charge on any atom is 0.308 e. The van der Waals surface area contributed by atoms with Crippen LogP contribution >= 0.6 is 0 Å². The van der Waals surface area contributed by atoms with Gasteiger partial charge in [-0.3, -0.25) is 9.69 Å². The summed E-state index contributed by atoms with van der Waals surface area (Å²) < 4.78 is 21.6. The highest BCUT2D eigenvalue weighted by atomic mass is 16.5. The predicted octanol–water partition coefficient (Wildman–Crippen LogP) is 1.90. The van der Waals surface area contributed by atoms with Gasteiger partial charge in [0.1, 0.15) is 0 Å². The van der Waals surface area contributed by atoms with E-state index in [1.165, 1.54) is 0 Å². The third kappa shape index (κ3) is 4.79. The van der Waals surface area contributed by atoms with Gasteiger partial charge in [0, 0.05) is 12.6 Å². The topological polar surface area (TPSA) is 99.0 Å². The Balaban J connectivity index is 1.65. The van der Waals surface area contributed by atoms with Crippen LogP contribution in [-0.4, -0.2) is 68.0 Å². The van der Waals surface area contributed by atoms with Gasteiger partial charge in [-0.05, 0) is 43.6 Å². The number of ether oxygens (including phenoxy) is 3. The molecule has 1 saturated heterocycles. The van der Waals surface area contributed by atoms with Crippen LogP contribution in [0.15, 0.2) is 16.5 Å². The standard InChI is InChI=1S/C20H28N4O5/c1-5-24-8-6-7-14(24)12-21-19(25)20-23-22-17(29-20)11-13-9-15(26-2)18(28-4)16(10-13)27-3/h9-10,14H,5-8,11-12H2,1-4H3,(H,21,25). The summed E-state index contributed by atoms with van der Waals surface area (Å²) in [4.78, 5) is 14.7. The van der Waals surface area contributed by atoms with E-state index in [0.717, 1.165) is 31.5 Å². The fraction of sp³-hybridized carbons (Fsp3) is 0.550. The van der Waals surface area contributed by atoms with E-state index in [9.17, 15) is 4.79 Å². The Kier molecular flexibility index (Phi) is 6.92.